The van der Waals surface area contributed by atoms with Crippen LogP contribution in [0.1, 0.15) is 57.1 Å². The summed E-state index contributed by atoms with van der Waals surface area (Å²) >= 11 is 0. The lowest BCUT2D eigenvalue weighted by atomic mass is 10.0. The Morgan fingerprint density at radius 1 is 1.17 bits per heavy atom. The van der Waals surface area contributed by atoms with Gasteiger partial charge in [0.2, 0.25) is 0 Å². The van der Waals surface area contributed by atoms with E-state index in [1.165, 1.54) is 48.9 Å². The number of benzene rings is 1. The highest BCUT2D eigenvalue weighted by atomic mass is 14.9. The average Bonchev–Trinajstić information content (AvgIpc) is 2.57. The molecule has 0 aromatic heterocycles. The maximum absolute atomic E-state index is 3.83. The molecular weight excluding hydrogens is 218 g/mol. The van der Waals surface area contributed by atoms with Crippen molar-refractivity contribution in [2.24, 2.45) is 5.92 Å². The normalized spacial score (nSPS) is 24.6. The highest BCUT2D eigenvalue weighted by molar-refractivity contribution is 5.57. The molecule has 0 bridgehead atoms. The molecule has 2 rings (SSSR count). The number of rotatable bonds is 3. The van der Waals surface area contributed by atoms with Gasteiger partial charge in [0.1, 0.15) is 0 Å². The molecular formula is C17H27N. The van der Waals surface area contributed by atoms with Crippen LogP contribution in [0.5, 0.6) is 0 Å². The topological polar surface area (TPSA) is 12.0 Å². The first kappa shape index (κ1) is 13.5. The molecule has 0 saturated heterocycles. The second-order valence-corrected chi connectivity index (χ2v) is 5.92. The van der Waals surface area contributed by atoms with Crippen molar-refractivity contribution < 1.29 is 0 Å². The van der Waals surface area contributed by atoms with E-state index in [4.69, 9.17) is 0 Å². The van der Waals surface area contributed by atoms with Gasteiger partial charge in [-0.3, -0.25) is 0 Å². The fourth-order valence-corrected chi connectivity index (χ4v) is 3.07. The van der Waals surface area contributed by atoms with Crippen molar-refractivity contribution in [3.8, 4) is 0 Å². The maximum atomic E-state index is 3.83. The van der Waals surface area contributed by atoms with Crippen LogP contribution < -0.4 is 5.32 Å². The second kappa shape index (κ2) is 6.26. The minimum atomic E-state index is 0.682. The third-order valence-corrected chi connectivity index (χ3v) is 4.35. The van der Waals surface area contributed by atoms with E-state index in [0.29, 0.717) is 6.04 Å². The lowest BCUT2D eigenvalue weighted by molar-refractivity contribution is 0.502. The minimum Gasteiger partial charge on any atom is -0.382 e. The van der Waals surface area contributed by atoms with Crippen molar-refractivity contribution in [3.63, 3.8) is 0 Å². The van der Waals surface area contributed by atoms with E-state index < -0.39 is 0 Å². The standard InChI is InChI=1S/C17H27N/c1-4-15-9-6-8-14(3)17(15)18-16-10-5-7-13(2)11-12-16/h6,8-9,13,16,18H,4-5,7,10-12H2,1-3H3. The Balaban J connectivity index is 2.08. The van der Waals surface area contributed by atoms with Crippen LogP contribution in [0.25, 0.3) is 0 Å². The first-order chi connectivity index (χ1) is 8.70. The molecule has 1 aliphatic carbocycles. The quantitative estimate of drug-likeness (QED) is 0.744. The van der Waals surface area contributed by atoms with Crippen LogP contribution in [0.15, 0.2) is 18.2 Å². The van der Waals surface area contributed by atoms with Gasteiger partial charge in [-0.1, -0.05) is 44.9 Å². The first-order valence-corrected chi connectivity index (χ1v) is 7.55. The molecule has 0 amide bonds. The van der Waals surface area contributed by atoms with E-state index in [1.807, 2.05) is 0 Å². The van der Waals surface area contributed by atoms with Crippen molar-refractivity contribution in [2.75, 3.05) is 5.32 Å². The smallest absolute Gasteiger partial charge is 0.0404 e. The Hall–Kier alpha value is -0.980. The molecule has 1 heteroatoms. The van der Waals surface area contributed by atoms with Crippen LogP contribution in [0, 0.1) is 12.8 Å². The number of aryl methyl sites for hydroxylation is 2. The van der Waals surface area contributed by atoms with E-state index in [-0.39, 0.29) is 0 Å². The van der Waals surface area contributed by atoms with Crippen LogP contribution in [-0.4, -0.2) is 6.04 Å². The summed E-state index contributed by atoms with van der Waals surface area (Å²) in [6.07, 6.45) is 7.96. The molecule has 1 aromatic carbocycles. The molecule has 0 aliphatic heterocycles. The van der Waals surface area contributed by atoms with Gasteiger partial charge < -0.3 is 5.32 Å². The van der Waals surface area contributed by atoms with Gasteiger partial charge in [-0.05, 0) is 49.7 Å². The van der Waals surface area contributed by atoms with Crippen LogP contribution in [-0.2, 0) is 6.42 Å². The fourth-order valence-electron chi connectivity index (χ4n) is 3.07. The summed E-state index contributed by atoms with van der Waals surface area (Å²) in [5.74, 6) is 0.916. The number of anilines is 1. The second-order valence-electron chi connectivity index (χ2n) is 5.92. The van der Waals surface area contributed by atoms with Gasteiger partial charge in [0.15, 0.2) is 0 Å². The number of para-hydroxylation sites is 1. The molecule has 2 atom stereocenters. The minimum absolute atomic E-state index is 0.682. The summed E-state index contributed by atoms with van der Waals surface area (Å²) in [6, 6.07) is 7.34. The van der Waals surface area contributed by atoms with Crippen molar-refractivity contribution in [3.05, 3.63) is 29.3 Å². The molecule has 18 heavy (non-hydrogen) atoms. The molecule has 0 heterocycles. The Bertz CT molecular complexity index is 383. The Morgan fingerprint density at radius 3 is 2.78 bits per heavy atom. The zero-order valence-corrected chi connectivity index (χ0v) is 12.1. The van der Waals surface area contributed by atoms with Crippen molar-refractivity contribution in [1.29, 1.82) is 0 Å². The van der Waals surface area contributed by atoms with Crippen LogP contribution in [0.4, 0.5) is 5.69 Å². The molecule has 1 saturated carbocycles. The van der Waals surface area contributed by atoms with E-state index in [2.05, 4.69) is 44.3 Å². The molecule has 1 aliphatic rings. The fraction of sp³-hybridized carbons (Fsp3) is 0.647. The van der Waals surface area contributed by atoms with E-state index in [1.54, 1.807) is 0 Å². The van der Waals surface area contributed by atoms with E-state index in [9.17, 15) is 0 Å². The van der Waals surface area contributed by atoms with Gasteiger partial charge in [0, 0.05) is 11.7 Å². The van der Waals surface area contributed by atoms with Gasteiger partial charge in [-0.25, -0.2) is 0 Å². The molecule has 0 spiro atoms. The summed E-state index contributed by atoms with van der Waals surface area (Å²) in [4.78, 5) is 0. The summed E-state index contributed by atoms with van der Waals surface area (Å²) in [5, 5.41) is 3.83. The van der Waals surface area contributed by atoms with Crippen LogP contribution in [0.3, 0.4) is 0 Å². The average molecular weight is 245 g/mol. The van der Waals surface area contributed by atoms with Crippen molar-refractivity contribution in [2.45, 2.75) is 65.3 Å². The third kappa shape index (κ3) is 3.28. The van der Waals surface area contributed by atoms with Crippen molar-refractivity contribution in [1.82, 2.24) is 0 Å². The zero-order chi connectivity index (χ0) is 13.0. The van der Waals surface area contributed by atoms with Gasteiger partial charge in [0.05, 0.1) is 0 Å². The van der Waals surface area contributed by atoms with Crippen LogP contribution >= 0.6 is 0 Å². The summed E-state index contributed by atoms with van der Waals surface area (Å²) in [7, 11) is 0. The van der Waals surface area contributed by atoms with Crippen LogP contribution in [0.2, 0.25) is 0 Å². The highest BCUT2D eigenvalue weighted by Gasteiger charge is 2.17. The predicted octanol–water partition coefficient (Wildman–Crippen LogP) is 4.94. The Kier molecular flexibility index (Phi) is 4.68. The molecule has 0 radical (unpaired) electrons. The molecule has 1 fully saturated rings. The van der Waals surface area contributed by atoms with Gasteiger partial charge in [-0.15, -0.1) is 0 Å². The lowest BCUT2D eigenvalue weighted by Gasteiger charge is -2.21. The van der Waals surface area contributed by atoms with Crippen molar-refractivity contribution >= 4 is 5.69 Å². The Morgan fingerprint density at radius 2 is 2.00 bits per heavy atom. The largest absolute Gasteiger partial charge is 0.382 e. The molecule has 1 N–H and O–H groups in total. The van der Waals surface area contributed by atoms with Gasteiger partial charge in [0.25, 0.3) is 0 Å². The maximum Gasteiger partial charge on any atom is 0.0404 e. The SMILES string of the molecule is CCc1cccc(C)c1NC1CCCC(C)CC1. The molecule has 100 valence electrons. The monoisotopic (exact) mass is 245 g/mol. The highest BCUT2D eigenvalue weighted by Crippen LogP contribution is 2.28. The summed E-state index contributed by atoms with van der Waals surface area (Å²) < 4.78 is 0. The number of hydrogen-bond donors (Lipinski definition) is 1. The third-order valence-electron chi connectivity index (χ3n) is 4.35. The number of nitrogens with one attached hydrogen (secondary N) is 1. The molecule has 1 aromatic rings. The van der Waals surface area contributed by atoms with E-state index >= 15 is 0 Å². The predicted molar refractivity (Wildman–Crippen MR) is 80.2 cm³/mol. The first-order valence-electron chi connectivity index (χ1n) is 7.55. The molecule has 2 unspecified atom stereocenters. The number of hydrogen-bond acceptors (Lipinski definition) is 1. The molecule has 1 nitrogen and oxygen atoms in total. The summed E-state index contributed by atoms with van der Waals surface area (Å²) in [6.45, 7) is 6.86. The zero-order valence-electron chi connectivity index (χ0n) is 12.1. The van der Waals surface area contributed by atoms with E-state index in [0.717, 1.165) is 12.3 Å². The summed E-state index contributed by atoms with van der Waals surface area (Å²) in [5.41, 5.74) is 4.26. The van der Waals surface area contributed by atoms with Gasteiger partial charge >= 0.3 is 0 Å². The van der Waals surface area contributed by atoms with Gasteiger partial charge in [-0.2, -0.15) is 0 Å². The Labute approximate surface area is 112 Å². The lowest BCUT2D eigenvalue weighted by Crippen LogP contribution is -2.20.